The lowest BCUT2D eigenvalue weighted by Crippen LogP contribution is -2.43. The van der Waals surface area contributed by atoms with E-state index in [1.165, 1.54) is 11.3 Å². The molecule has 1 aromatic heterocycles. The van der Waals surface area contributed by atoms with Crippen molar-refractivity contribution in [3.63, 3.8) is 0 Å². The summed E-state index contributed by atoms with van der Waals surface area (Å²) in [6.07, 6.45) is 0.866. The highest BCUT2D eigenvalue weighted by Crippen LogP contribution is 2.31. The Kier molecular flexibility index (Phi) is 5.97. The van der Waals surface area contributed by atoms with Crippen molar-refractivity contribution < 1.29 is 4.79 Å². The summed E-state index contributed by atoms with van der Waals surface area (Å²) >= 11 is 16.4. The maximum atomic E-state index is 12.1. The first-order valence-electron chi connectivity index (χ1n) is 5.57. The zero-order chi connectivity index (χ0) is 13.9. The van der Waals surface area contributed by atoms with Crippen LogP contribution in [0.2, 0.25) is 8.67 Å². The summed E-state index contributed by atoms with van der Waals surface area (Å²) in [6, 6.07) is 1.69. The quantitative estimate of drug-likeness (QED) is 0.741. The number of amides is 1. The summed E-state index contributed by atoms with van der Waals surface area (Å²) in [5.41, 5.74) is 0.450. The second kappa shape index (κ2) is 6.60. The summed E-state index contributed by atoms with van der Waals surface area (Å²) in [5.74, 6) is -0.163. The van der Waals surface area contributed by atoms with Gasteiger partial charge < -0.3 is 5.32 Å². The number of carbonyl (C=O) groups is 1. The maximum Gasteiger partial charge on any atom is 0.253 e. The molecule has 0 aliphatic heterocycles. The lowest BCUT2D eigenvalue weighted by atomic mass is 9.85. The molecule has 0 saturated carbocycles. The number of alkyl halides is 1. The Labute approximate surface area is 130 Å². The lowest BCUT2D eigenvalue weighted by Gasteiger charge is -2.31. The monoisotopic (exact) mass is 371 g/mol. The average molecular weight is 373 g/mol. The van der Waals surface area contributed by atoms with E-state index in [4.69, 9.17) is 23.2 Å². The van der Waals surface area contributed by atoms with Gasteiger partial charge in [-0.05, 0) is 17.9 Å². The van der Waals surface area contributed by atoms with Gasteiger partial charge in [-0.1, -0.05) is 59.9 Å². The predicted molar refractivity (Wildman–Crippen MR) is 83.5 cm³/mol. The molecule has 0 radical (unpaired) electrons. The van der Waals surface area contributed by atoms with Gasteiger partial charge in [-0.25, -0.2) is 0 Å². The van der Waals surface area contributed by atoms with Crippen LogP contribution in [0.25, 0.3) is 0 Å². The summed E-state index contributed by atoms with van der Waals surface area (Å²) in [6.45, 7) is 6.30. The van der Waals surface area contributed by atoms with Crippen LogP contribution in [0.1, 0.15) is 37.6 Å². The van der Waals surface area contributed by atoms with Gasteiger partial charge in [-0.3, -0.25) is 4.79 Å². The van der Waals surface area contributed by atoms with Crippen LogP contribution in [0.5, 0.6) is 0 Å². The van der Waals surface area contributed by atoms with Crippen LogP contribution in [0.15, 0.2) is 6.07 Å². The number of hydrogen-bond acceptors (Lipinski definition) is 2. The van der Waals surface area contributed by atoms with Crippen LogP contribution in [0.4, 0.5) is 0 Å². The zero-order valence-corrected chi connectivity index (χ0v) is 14.4. The van der Waals surface area contributed by atoms with Crippen molar-refractivity contribution in [2.75, 3.05) is 5.33 Å². The molecular weight excluding hydrogens is 357 g/mol. The van der Waals surface area contributed by atoms with Gasteiger partial charge in [0.1, 0.15) is 4.34 Å². The van der Waals surface area contributed by atoms with E-state index < -0.39 is 0 Å². The van der Waals surface area contributed by atoms with Crippen LogP contribution in [0.3, 0.4) is 0 Å². The summed E-state index contributed by atoms with van der Waals surface area (Å²) < 4.78 is 0.960. The minimum atomic E-state index is -0.163. The molecule has 1 aromatic rings. The van der Waals surface area contributed by atoms with Gasteiger partial charge in [-0.2, -0.15) is 0 Å². The number of nitrogens with one attached hydrogen (secondary N) is 1. The van der Waals surface area contributed by atoms with E-state index in [1.807, 2.05) is 0 Å². The molecule has 0 aromatic carbocycles. The van der Waals surface area contributed by atoms with Crippen molar-refractivity contribution in [2.45, 2.75) is 33.2 Å². The molecule has 1 N–H and O–H groups in total. The third-order valence-corrected chi connectivity index (χ3v) is 4.60. The maximum absolute atomic E-state index is 12.1. The first kappa shape index (κ1) is 16.3. The van der Waals surface area contributed by atoms with Crippen molar-refractivity contribution in [2.24, 2.45) is 5.41 Å². The normalized spacial score (nSPS) is 13.4. The largest absolute Gasteiger partial charge is 0.349 e. The number of hydrogen-bond donors (Lipinski definition) is 1. The van der Waals surface area contributed by atoms with Crippen molar-refractivity contribution in [3.8, 4) is 0 Å². The SMILES string of the molecule is CC(C)(C)C(CCBr)NC(=O)c1cc(Cl)sc1Cl. The molecule has 6 heteroatoms. The van der Waals surface area contributed by atoms with E-state index in [9.17, 15) is 4.79 Å². The molecule has 0 aliphatic rings. The van der Waals surface area contributed by atoms with Gasteiger partial charge in [0.2, 0.25) is 0 Å². The van der Waals surface area contributed by atoms with Gasteiger partial charge in [0.25, 0.3) is 5.91 Å². The number of thiophene rings is 1. The molecule has 1 rings (SSSR count). The fourth-order valence-corrected chi connectivity index (χ4v) is 3.48. The van der Waals surface area contributed by atoms with Crippen LogP contribution < -0.4 is 5.32 Å². The molecule has 0 fully saturated rings. The van der Waals surface area contributed by atoms with E-state index in [1.54, 1.807) is 6.07 Å². The summed E-state index contributed by atoms with van der Waals surface area (Å²) in [7, 11) is 0. The van der Waals surface area contributed by atoms with Crippen LogP contribution in [-0.4, -0.2) is 17.3 Å². The molecule has 1 unspecified atom stereocenters. The second-order valence-corrected chi connectivity index (χ2v) is 8.19. The molecule has 1 atom stereocenters. The third-order valence-electron chi connectivity index (χ3n) is 2.65. The van der Waals surface area contributed by atoms with Crippen molar-refractivity contribution in [3.05, 3.63) is 20.3 Å². The second-order valence-electron chi connectivity index (χ2n) is 5.11. The molecule has 102 valence electrons. The number of halogens is 3. The highest BCUT2D eigenvalue weighted by molar-refractivity contribution is 9.09. The van der Waals surface area contributed by atoms with Crippen molar-refractivity contribution in [1.29, 1.82) is 0 Å². The molecule has 1 heterocycles. The van der Waals surface area contributed by atoms with Gasteiger partial charge in [-0.15, -0.1) is 11.3 Å². The molecule has 0 spiro atoms. The molecular formula is C12H16BrCl2NOS. The van der Waals surface area contributed by atoms with Crippen LogP contribution in [0, 0.1) is 5.41 Å². The summed E-state index contributed by atoms with van der Waals surface area (Å²) in [4.78, 5) is 12.1. The fourth-order valence-electron chi connectivity index (χ4n) is 1.56. The Morgan fingerprint density at radius 1 is 1.50 bits per heavy atom. The molecule has 0 bridgehead atoms. The van der Waals surface area contributed by atoms with Gasteiger partial charge >= 0.3 is 0 Å². The fraction of sp³-hybridized carbons (Fsp3) is 0.583. The highest BCUT2D eigenvalue weighted by Gasteiger charge is 2.27. The smallest absolute Gasteiger partial charge is 0.253 e. The van der Waals surface area contributed by atoms with Gasteiger partial charge in [0.15, 0.2) is 0 Å². The highest BCUT2D eigenvalue weighted by atomic mass is 79.9. The lowest BCUT2D eigenvalue weighted by molar-refractivity contribution is 0.0901. The average Bonchev–Trinajstić information content (AvgIpc) is 2.55. The Hall–Kier alpha value is 0.230. The topological polar surface area (TPSA) is 29.1 Å². The van der Waals surface area contributed by atoms with Gasteiger partial charge in [0.05, 0.1) is 9.90 Å². The predicted octanol–water partition coefficient (Wildman–Crippen LogP) is 4.98. The third kappa shape index (κ3) is 4.41. The van der Waals surface area contributed by atoms with E-state index >= 15 is 0 Å². The first-order valence-corrected chi connectivity index (χ1v) is 8.26. The summed E-state index contributed by atoms with van der Waals surface area (Å²) in [5, 5.41) is 3.86. The first-order chi connectivity index (χ1) is 8.25. The molecule has 2 nitrogen and oxygen atoms in total. The zero-order valence-electron chi connectivity index (χ0n) is 10.5. The van der Waals surface area contributed by atoms with Gasteiger partial charge in [0, 0.05) is 11.4 Å². The molecule has 1 amide bonds. The minimum absolute atomic E-state index is 0.00424. The Morgan fingerprint density at radius 3 is 2.50 bits per heavy atom. The minimum Gasteiger partial charge on any atom is -0.349 e. The van der Waals surface area contributed by atoms with Crippen molar-refractivity contribution >= 4 is 56.4 Å². The molecule has 18 heavy (non-hydrogen) atoms. The van der Waals surface area contributed by atoms with E-state index in [0.717, 1.165) is 11.8 Å². The van der Waals surface area contributed by atoms with Crippen LogP contribution >= 0.6 is 50.5 Å². The molecule has 0 saturated heterocycles. The van der Waals surface area contributed by atoms with E-state index in [0.29, 0.717) is 14.2 Å². The Morgan fingerprint density at radius 2 is 2.11 bits per heavy atom. The Bertz CT molecular complexity index is 428. The number of rotatable bonds is 4. The van der Waals surface area contributed by atoms with E-state index in [2.05, 4.69) is 42.0 Å². The Balaban J connectivity index is 2.82. The number of carbonyl (C=O) groups excluding carboxylic acids is 1. The standard InChI is InChI=1S/C12H16BrCl2NOS/c1-12(2,3)8(4-5-13)16-11(17)7-6-9(14)18-10(7)15/h6,8H,4-5H2,1-3H3,(H,16,17). The van der Waals surface area contributed by atoms with E-state index in [-0.39, 0.29) is 17.4 Å². The van der Waals surface area contributed by atoms with Crippen molar-refractivity contribution in [1.82, 2.24) is 5.32 Å². The molecule has 0 aliphatic carbocycles. The van der Waals surface area contributed by atoms with Crippen LogP contribution in [-0.2, 0) is 0 Å².